The number of nitrogens with one attached hydrogen (secondary N) is 1. The summed E-state index contributed by atoms with van der Waals surface area (Å²) in [4.78, 5) is 0. The Morgan fingerprint density at radius 3 is 3.06 bits per heavy atom. The van der Waals surface area contributed by atoms with Crippen molar-refractivity contribution in [3.8, 4) is 0 Å². The van der Waals surface area contributed by atoms with Gasteiger partial charge in [-0.3, -0.25) is 4.68 Å². The fraction of sp³-hybridized carbons (Fsp3) is 0.400. The van der Waals surface area contributed by atoms with E-state index in [0.29, 0.717) is 0 Å². The third-order valence-electron chi connectivity index (χ3n) is 2.30. The zero-order valence-corrected chi connectivity index (χ0v) is 9.22. The number of tetrazole rings is 1. The lowest BCUT2D eigenvalue weighted by molar-refractivity contribution is 0.571. The van der Waals surface area contributed by atoms with Gasteiger partial charge in [0.25, 0.3) is 0 Å². The molecule has 0 unspecified atom stereocenters. The molecule has 0 aromatic carbocycles. The van der Waals surface area contributed by atoms with Crippen molar-refractivity contribution < 1.29 is 0 Å². The van der Waals surface area contributed by atoms with E-state index >= 15 is 0 Å². The molecule has 0 aliphatic rings. The number of hydrogen-bond acceptors (Lipinski definition) is 4. The molecule has 0 saturated heterocycles. The predicted molar refractivity (Wildman–Crippen MR) is 59.4 cm³/mol. The third kappa shape index (κ3) is 2.53. The summed E-state index contributed by atoms with van der Waals surface area (Å²) >= 11 is 0. The summed E-state index contributed by atoms with van der Waals surface area (Å²) in [5, 5.41) is 18.0. The minimum absolute atomic E-state index is 0.743. The molecule has 16 heavy (non-hydrogen) atoms. The van der Waals surface area contributed by atoms with Crippen LogP contribution < -0.4 is 0 Å². The van der Waals surface area contributed by atoms with Gasteiger partial charge in [0.15, 0.2) is 5.82 Å². The summed E-state index contributed by atoms with van der Waals surface area (Å²) in [5.41, 5.74) is 2.11. The van der Waals surface area contributed by atoms with Crippen LogP contribution in [0.4, 0.5) is 0 Å². The van der Waals surface area contributed by atoms with Crippen molar-refractivity contribution >= 4 is 5.57 Å². The smallest absolute Gasteiger partial charge is 0.174 e. The standard InChI is InChI=1S/C10H14N6/c1-8(2)9-6-11-16(7-9)5-3-4-10-12-14-15-13-10/h6-7H,1,3-5H2,2H3,(H,12,13,14,15). The molecule has 2 aromatic heterocycles. The molecule has 6 nitrogen and oxygen atoms in total. The lowest BCUT2D eigenvalue weighted by Gasteiger charge is -1.98. The normalized spacial score (nSPS) is 10.6. The Bertz CT molecular complexity index is 455. The number of allylic oxidation sites excluding steroid dienone is 1. The van der Waals surface area contributed by atoms with Crippen molar-refractivity contribution in [2.24, 2.45) is 0 Å². The monoisotopic (exact) mass is 218 g/mol. The molecule has 2 rings (SSSR count). The van der Waals surface area contributed by atoms with E-state index in [4.69, 9.17) is 0 Å². The molecule has 0 fully saturated rings. The first kappa shape index (κ1) is 10.5. The van der Waals surface area contributed by atoms with Crippen LogP contribution in [0, 0.1) is 0 Å². The number of aromatic nitrogens is 6. The number of aromatic amines is 1. The molecule has 0 aliphatic heterocycles. The maximum absolute atomic E-state index is 4.25. The summed E-state index contributed by atoms with van der Waals surface area (Å²) in [5.74, 6) is 0.743. The van der Waals surface area contributed by atoms with E-state index in [9.17, 15) is 0 Å². The second kappa shape index (κ2) is 4.69. The fourth-order valence-electron chi connectivity index (χ4n) is 1.39. The number of nitrogens with zero attached hydrogens (tertiary/aromatic N) is 5. The Balaban J connectivity index is 1.83. The van der Waals surface area contributed by atoms with E-state index in [1.54, 1.807) is 0 Å². The van der Waals surface area contributed by atoms with Crippen molar-refractivity contribution in [1.29, 1.82) is 0 Å². The van der Waals surface area contributed by atoms with Crippen LogP contribution >= 0.6 is 0 Å². The van der Waals surface area contributed by atoms with Gasteiger partial charge >= 0.3 is 0 Å². The minimum atomic E-state index is 0.743. The van der Waals surface area contributed by atoms with Crippen molar-refractivity contribution in [1.82, 2.24) is 30.4 Å². The van der Waals surface area contributed by atoms with Crippen LogP contribution in [-0.2, 0) is 13.0 Å². The van der Waals surface area contributed by atoms with E-state index in [1.807, 2.05) is 24.0 Å². The fourth-order valence-corrected chi connectivity index (χ4v) is 1.39. The summed E-state index contributed by atoms with van der Waals surface area (Å²) in [6, 6.07) is 0. The largest absolute Gasteiger partial charge is 0.272 e. The molecule has 0 spiro atoms. The first-order valence-corrected chi connectivity index (χ1v) is 5.16. The number of rotatable bonds is 5. The minimum Gasteiger partial charge on any atom is -0.272 e. The van der Waals surface area contributed by atoms with Crippen molar-refractivity contribution in [3.05, 3.63) is 30.4 Å². The van der Waals surface area contributed by atoms with Gasteiger partial charge in [0, 0.05) is 24.7 Å². The molecule has 0 atom stereocenters. The van der Waals surface area contributed by atoms with E-state index in [2.05, 4.69) is 32.3 Å². The van der Waals surface area contributed by atoms with Crippen molar-refractivity contribution in [2.45, 2.75) is 26.3 Å². The maximum atomic E-state index is 4.25. The van der Waals surface area contributed by atoms with Gasteiger partial charge in [0.2, 0.25) is 0 Å². The molecule has 6 heteroatoms. The Hall–Kier alpha value is -1.98. The van der Waals surface area contributed by atoms with Gasteiger partial charge in [-0.15, -0.1) is 10.2 Å². The Labute approximate surface area is 93.4 Å². The third-order valence-corrected chi connectivity index (χ3v) is 2.30. The quantitative estimate of drug-likeness (QED) is 0.814. The van der Waals surface area contributed by atoms with Crippen LogP contribution in [0.2, 0.25) is 0 Å². The average molecular weight is 218 g/mol. The molecule has 0 saturated carbocycles. The van der Waals surface area contributed by atoms with Crippen LogP contribution in [-0.4, -0.2) is 30.4 Å². The SMILES string of the molecule is C=C(C)c1cnn(CCCc2nn[nH]n2)c1. The van der Waals surface area contributed by atoms with Crippen LogP contribution in [0.1, 0.15) is 24.7 Å². The first-order chi connectivity index (χ1) is 7.75. The molecule has 1 N–H and O–H groups in total. The first-order valence-electron chi connectivity index (χ1n) is 5.16. The van der Waals surface area contributed by atoms with Gasteiger partial charge in [-0.05, 0) is 18.9 Å². The van der Waals surface area contributed by atoms with Gasteiger partial charge in [0.1, 0.15) is 0 Å². The van der Waals surface area contributed by atoms with Gasteiger partial charge < -0.3 is 0 Å². The molecule has 0 aliphatic carbocycles. The van der Waals surface area contributed by atoms with Crippen molar-refractivity contribution in [2.75, 3.05) is 0 Å². The van der Waals surface area contributed by atoms with Crippen LogP contribution in [0.15, 0.2) is 19.0 Å². The Morgan fingerprint density at radius 1 is 1.56 bits per heavy atom. The molecular formula is C10H14N6. The maximum Gasteiger partial charge on any atom is 0.174 e. The van der Waals surface area contributed by atoms with E-state index in [1.165, 1.54) is 0 Å². The van der Waals surface area contributed by atoms with Crippen LogP contribution in [0.3, 0.4) is 0 Å². The van der Waals surface area contributed by atoms with Gasteiger partial charge in [-0.2, -0.15) is 10.3 Å². The lowest BCUT2D eigenvalue weighted by atomic mass is 10.2. The van der Waals surface area contributed by atoms with Crippen LogP contribution in [0.25, 0.3) is 5.57 Å². The van der Waals surface area contributed by atoms with E-state index in [0.717, 1.165) is 36.3 Å². The molecule has 84 valence electrons. The second-order valence-electron chi connectivity index (χ2n) is 3.70. The Kier molecular flexibility index (Phi) is 3.09. The summed E-state index contributed by atoms with van der Waals surface area (Å²) in [6.45, 7) is 6.70. The highest BCUT2D eigenvalue weighted by molar-refractivity contribution is 5.59. The van der Waals surface area contributed by atoms with E-state index in [-0.39, 0.29) is 0 Å². The lowest BCUT2D eigenvalue weighted by Crippen LogP contribution is -2.00. The molecule has 2 aromatic rings. The summed E-state index contributed by atoms with van der Waals surface area (Å²) in [7, 11) is 0. The van der Waals surface area contributed by atoms with E-state index < -0.39 is 0 Å². The summed E-state index contributed by atoms with van der Waals surface area (Å²) < 4.78 is 1.91. The average Bonchev–Trinajstić information content (AvgIpc) is 2.87. The topological polar surface area (TPSA) is 72.3 Å². The number of hydrogen-bond donors (Lipinski definition) is 1. The van der Waals surface area contributed by atoms with Gasteiger partial charge in [0.05, 0.1) is 6.20 Å². The molecule has 0 amide bonds. The highest BCUT2D eigenvalue weighted by Crippen LogP contribution is 2.09. The molecule has 0 bridgehead atoms. The van der Waals surface area contributed by atoms with Gasteiger partial charge in [-0.25, -0.2) is 0 Å². The molecule has 2 heterocycles. The zero-order valence-electron chi connectivity index (χ0n) is 9.22. The van der Waals surface area contributed by atoms with Crippen molar-refractivity contribution in [3.63, 3.8) is 0 Å². The Morgan fingerprint density at radius 2 is 2.44 bits per heavy atom. The molecular weight excluding hydrogens is 204 g/mol. The zero-order chi connectivity index (χ0) is 11.4. The number of H-pyrrole nitrogens is 1. The van der Waals surface area contributed by atoms with Gasteiger partial charge in [-0.1, -0.05) is 11.8 Å². The number of aryl methyl sites for hydroxylation is 2. The van der Waals surface area contributed by atoms with Crippen LogP contribution in [0.5, 0.6) is 0 Å². The summed E-state index contributed by atoms with van der Waals surface area (Å²) in [6.07, 6.45) is 5.57. The highest BCUT2D eigenvalue weighted by Gasteiger charge is 2.01. The second-order valence-corrected chi connectivity index (χ2v) is 3.70. The highest BCUT2D eigenvalue weighted by atomic mass is 15.5. The predicted octanol–water partition coefficient (Wildman–Crippen LogP) is 1.06. The molecule has 0 radical (unpaired) electrons.